The maximum absolute atomic E-state index is 10.9. The molecule has 0 aliphatic carbocycles. The third kappa shape index (κ3) is 1.47. The van der Waals surface area contributed by atoms with E-state index in [0.717, 1.165) is 4.43 Å². The standard InChI is InChI=1S/C6H8INO2/c7-3-4-8-5(9)1-2-6(8)10/h1-4H2. The lowest BCUT2D eigenvalue weighted by atomic mass is 10.4. The molecule has 0 spiro atoms. The molecule has 0 saturated carbocycles. The molecule has 1 saturated heterocycles. The molecule has 0 radical (unpaired) electrons. The molecule has 1 aliphatic heterocycles. The van der Waals surface area contributed by atoms with Gasteiger partial charge in [-0.15, -0.1) is 0 Å². The van der Waals surface area contributed by atoms with E-state index in [0.29, 0.717) is 19.4 Å². The van der Waals surface area contributed by atoms with E-state index in [9.17, 15) is 9.59 Å². The second-order valence-electron chi connectivity index (χ2n) is 2.13. The van der Waals surface area contributed by atoms with Gasteiger partial charge in [-0.3, -0.25) is 14.5 Å². The molecule has 10 heavy (non-hydrogen) atoms. The first-order chi connectivity index (χ1) is 4.75. The number of hydrogen-bond donors (Lipinski definition) is 0. The van der Waals surface area contributed by atoms with E-state index in [1.165, 1.54) is 4.90 Å². The molecule has 1 rings (SSSR count). The number of nitrogens with zero attached hydrogens (tertiary/aromatic N) is 1. The molecule has 1 aliphatic rings. The van der Waals surface area contributed by atoms with Crippen molar-refractivity contribution in [2.24, 2.45) is 0 Å². The fourth-order valence-corrected chi connectivity index (χ4v) is 1.44. The van der Waals surface area contributed by atoms with Crippen LogP contribution in [0.3, 0.4) is 0 Å². The Morgan fingerprint density at radius 3 is 2.20 bits per heavy atom. The van der Waals surface area contributed by atoms with Crippen molar-refractivity contribution >= 4 is 34.4 Å². The summed E-state index contributed by atoms with van der Waals surface area (Å²) in [7, 11) is 0. The van der Waals surface area contributed by atoms with Gasteiger partial charge in [-0.2, -0.15) is 0 Å². The van der Waals surface area contributed by atoms with Crippen LogP contribution in [-0.4, -0.2) is 27.7 Å². The minimum atomic E-state index is -0.0123. The van der Waals surface area contributed by atoms with E-state index in [2.05, 4.69) is 22.6 Å². The molecule has 0 bridgehead atoms. The van der Waals surface area contributed by atoms with Crippen LogP contribution in [0.2, 0.25) is 0 Å². The highest BCUT2D eigenvalue weighted by atomic mass is 127. The second-order valence-corrected chi connectivity index (χ2v) is 3.21. The van der Waals surface area contributed by atoms with Crippen LogP contribution in [0.15, 0.2) is 0 Å². The van der Waals surface area contributed by atoms with Gasteiger partial charge < -0.3 is 0 Å². The lowest BCUT2D eigenvalue weighted by molar-refractivity contribution is -0.137. The first-order valence-corrected chi connectivity index (χ1v) is 4.67. The number of amides is 2. The van der Waals surface area contributed by atoms with E-state index < -0.39 is 0 Å². The van der Waals surface area contributed by atoms with Gasteiger partial charge in [-0.25, -0.2) is 0 Å². The van der Waals surface area contributed by atoms with Crippen LogP contribution in [0.5, 0.6) is 0 Å². The first-order valence-electron chi connectivity index (χ1n) is 3.15. The number of alkyl halides is 1. The zero-order valence-electron chi connectivity index (χ0n) is 5.47. The fraction of sp³-hybridized carbons (Fsp3) is 0.667. The van der Waals surface area contributed by atoms with Gasteiger partial charge in [0.25, 0.3) is 0 Å². The number of likely N-dealkylation sites (tertiary alicyclic amines) is 1. The van der Waals surface area contributed by atoms with Crippen molar-refractivity contribution in [2.45, 2.75) is 12.8 Å². The SMILES string of the molecule is O=C1CCC(=O)N1CCI. The van der Waals surface area contributed by atoms with E-state index in [-0.39, 0.29) is 11.8 Å². The number of imide groups is 1. The molecule has 1 heterocycles. The predicted molar refractivity (Wildman–Crippen MR) is 44.8 cm³/mol. The highest BCUT2D eigenvalue weighted by Crippen LogP contribution is 2.10. The minimum absolute atomic E-state index is 0.0123. The van der Waals surface area contributed by atoms with E-state index in [1.54, 1.807) is 0 Å². The maximum atomic E-state index is 10.9. The summed E-state index contributed by atoms with van der Waals surface area (Å²) >= 11 is 2.15. The summed E-state index contributed by atoms with van der Waals surface area (Å²) in [5.74, 6) is -0.0247. The zero-order chi connectivity index (χ0) is 7.56. The summed E-state index contributed by atoms with van der Waals surface area (Å²) in [4.78, 5) is 23.1. The van der Waals surface area contributed by atoms with E-state index >= 15 is 0 Å². The number of halogens is 1. The summed E-state index contributed by atoms with van der Waals surface area (Å²) in [6, 6.07) is 0. The summed E-state index contributed by atoms with van der Waals surface area (Å²) < 4.78 is 0.829. The van der Waals surface area contributed by atoms with Gasteiger partial charge in [-0.1, -0.05) is 22.6 Å². The average molecular weight is 253 g/mol. The molecule has 56 valence electrons. The molecule has 0 atom stereocenters. The summed E-state index contributed by atoms with van der Waals surface area (Å²) in [6.07, 6.45) is 0.824. The molecule has 1 fully saturated rings. The first kappa shape index (κ1) is 7.97. The lowest BCUT2D eigenvalue weighted by Gasteiger charge is -2.10. The van der Waals surface area contributed by atoms with Gasteiger partial charge in [0.05, 0.1) is 0 Å². The highest BCUT2D eigenvalue weighted by molar-refractivity contribution is 14.1. The van der Waals surface area contributed by atoms with Crippen LogP contribution >= 0.6 is 22.6 Å². The normalized spacial score (nSPS) is 18.7. The van der Waals surface area contributed by atoms with Crippen LogP contribution in [0.1, 0.15) is 12.8 Å². The van der Waals surface area contributed by atoms with Gasteiger partial charge in [0.2, 0.25) is 11.8 Å². The Balaban J connectivity index is 2.54. The Labute approximate surface area is 72.9 Å². The van der Waals surface area contributed by atoms with Crippen molar-refractivity contribution in [3.63, 3.8) is 0 Å². The van der Waals surface area contributed by atoms with Gasteiger partial charge in [0, 0.05) is 23.8 Å². The van der Waals surface area contributed by atoms with Crippen LogP contribution in [0, 0.1) is 0 Å². The molecule has 0 N–H and O–H groups in total. The minimum Gasteiger partial charge on any atom is -0.282 e. The van der Waals surface area contributed by atoms with Crippen molar-refractivity contribution in [1.82, 2.24) is 4.90 Å². The third-order valence-corrected chi connectivity index (χ3v) is 1.95. The molecule has 3 nitrogen and oxygen atoms in total. The predicted octanol–water partition coefficient (Wildman–Crippen LogP) is 0.570. The Bertz CT molecular complexity index is 153. The summed E-state index contributed by atoms with van der Waals surface area (Å²) in [5, 5.41) is 0. The average Bonchev–Trinajstić information content (AvgIpc) is 2.20. The smallest absolute Gasteiger partial charge is 0.229 e. The van der Waals surface area contributed by atoms with Gasteiger partial charge in [-0.05, 0) is 0 Å². The third-order valence-electron chi connectivity index (χ3n) is 1.46. The van der Waals surface area contributed by atoms with Crippen LogP contribution in [0.4, 0.5) is 0 Å². The topological polar surface area (TPSA) is 37.4 Å². The van der Waals surface area contributed by atoms with Crippen molar-refractivity contribution in [2.75, 3.05) is 11.0 Å². The Morgan fingerprint density at radius 2 is 1.80 bits per heavy atom. The molecule has 2 amide bonds. The van der Waals surface area contributed by atoms with Crippen LogP contribution < -0.4 is 0 Å². The van der Waals surface area contributed by atoms with Crippen molar-refractivity contribution in [3.05, 3.63) is 0 Å². The highest BCUT2D eigenvalue weighted by Gasteiger charge is 2.27. The Kier molecular flexibility index (Phi) is 2.64. The number of hydrogen-bond acceptors (Lipinski definition) is 2. The number of rotatable bonds is 2. The lowest BCUT2D eigenvalue weighted by Crippen LogP contribution is -2.30. The summed E-state index contributed by atoms with van der Waals surface area (Å²) in [5.41, 5.74) is 0. The largest absolute Gasteiger partial charge is 0.282 e. The molecule has 0 unspecified atom stereocenters. The number of carbonyl (C=O) groups is 2. The van der Waals surface area contributed by atoms with Crippen molar-refractivity contribution in [3.8, 4) is 0 Å². The van der Waals surface area contributed by atoms with Crippen molar-refractivity contribution < 1.29 is 9.59 Å². The van der Waals surface area contributed by atoms with Crippen LogP contribution in [0.25, 0.3) is 0 Å². The van der Waals surface area contributed by atoms with E-state index in [1.807, 2.05) is 0 Å². The monoisotopic (exact) mass is 253 g/mol. The maximum Gasteiger partial charge on any atom is 0.229 e. The van der Waals surface area contributed by atoms with Crippen molar-refractivity contribution in [1.29, 1.82) is 0 Å². The van der Waals surface area contributed by atoms with Crippen LogP contribution in [-0.2, 0) is 9.59 Å². The quantitative estimate of drug-likeness (QED) is 0.410. The molecule has 0 aromatic rings. The second kappa shape index (κ2) is 3.32. The fourth-order valence-electron chi connectivity index (χ4n) is 0.957. The Morgan fingerprint density at radius 1 is 1.30 bits per heavy atom. The molecular weight excluding hydrogens is 245 g/mol. The molecular formula is C6H8INO2. The molecule has 0 aromatic heterocycles. The zero-order valence-corrected chi connectivity index (χ0v) is 7.63. The Hall–Kier alpha value is -0.130. The van der Waals surface area contributed by atoms with E-state index in [4.69, 9.17) is 0 Å². The number of carbonyl (C=O) groups excluding carboxylic acids is 2. The summed E-state index contributed by atoms with van der Waals surface area (Å²) in [6.45, 7) is 0.582. The van der Waals surface area contributed by atoms with Gasteiger partial charge >= 0.3 is 0 Å². The van der Waals surface area contributed by atoms with Gasteiger partial charge in [0.1, 0.15) is 0 Å². The molecule has 0 aromatic carbocycles. The van der Waals surface area contributed by atoms with Gasteiger partial charge in [0.15, 0.2) is 0 Å². The molecule has 4 heteroatoms.